The Bertz CT molecular complexity index is 408. The summed E-state index contributed by atoms with van der Waals surface area (Å²) < 4.78 is 0. The van der Waals surface area contributed by atoms with Gasteiger partial charge < -0.3 is 20.0 Å². The quantitative estimate of drug-likeness (QED) is 0.737. The molecule has 21 heavy (non-hydrogen) atoms. The number of piperazine rings is 1. The van der Waals surface area contributed by atoms with Crippen molar-refractivity contribution >= 4 is 12.0 Å². The molecule has 0 saturated carbocycles. The molecule has 2 amide bonds. The van der Waals surface area contributed by atoms with Gasteiger partial charge >= 0.3 is 12.0 Å². The van der Waals surface area contributed by atoms with Crippen LogP contribution in [-0.4, -0.2) is 87.8 Å². The van der Waals surface area contributed by atoms with Gasteiger partial charge in [-0.15, -0.1) is 0 Å². The van der Waals surface area contributed by atoms with E-state index in [0.29, 0.717) is 39.0 Å². The van der Waals surface area contributed by atoms with Crippen molar-refractivity contribution in [1.82, 2.24) is 14.7 Å². The fraction of sp³-hybridized carbons (Fsp3) is 0.857. The average Bonchev–Trinajstić information content (AvgIpc) is 2.70. The first-order valence-corrected chi connectivity index (χ1v) is 7.74. The molecule has 7 heteroatoms. The van der Waals surface area contributed by atoms with Crippen LogP contribution in [0.3, 0.4) is 0 Å². The predicted molar refractivity (Wildman–Crippen MR) is 74.9 cm³/mol. The third kappa shape index (κ3) is 2.98. The molecule has 2 unspecified atom stereocenters. The minimum Gasteiger partial charge on any atom is -0.480 e. The number of carboxylic acids is 1. The van der Waals surface area contributed by atoms with Crippen LogP contribution >= 0.6 is 0 Å². The molecule has 118 valence electrons. The van der Waals surface area contributed by atoms with E-state index in [4.69, 9.17) is 5.11 Å². The Morgan fingerprint density at radius 1 is 1.00 bits per heavy atom. The smallest absolute Gasteiger partial charge is 0.320 e. The molecule has 7 nitrogen and oxygen atoms in total. The van der Waals surface area contributed by atoms with Crippen molar-refractivity contribution in [3.63, 3.8) is 0 Å². The molecular formula is C14H23N3O4. The van der Waals surface area contributed by atoms with Crippen molar-refractivity contribution < 1.29 is 19.8 Å². The van der Waals surface area contributed by atoms with Gasteiger partial charge in [-0.2, -0.15) is 0 Å². The van der Waals surface area contributed by atoms with Gasteiger partial charge in [-0.3, -0.25) is 9.69 Å². The number of carboxylic acid groups (broad SMARTS) is 1. The Labute approximate surface area is 124 Å². The standard InChI is InChI=1S/C14H23N3O4/c18-12-7-10-1-2-11(8-12)17(10)14(21)16-5-3-15(4-6-16)9-13(19)20/h10-12,18H,1-9H2,(H,19,20). The molecule has 0 aliphatic carbocycles. The molecule has 0 aromatic heterocycles. The first kappa shape index (κ1) is 14.6. The van der Waals surface area contributed by atoms with Crippen LogP contribution in [0.4, 0.5) is 4.79 Å². The lowest BCUT2D eigenvalue weighted by molar-refractivity contribution is -0.138. The Kier molecular flexibility index (Phi) is 4.03. The van der Waals surface area contributed by atoms with Crippen LogP contribution in [0.15, 0.2) is 0 Å². The number of rotatable bonds is 2. The number of aliphatic hydroxyl groups excluding tert-OH is 1. The van der Waals surface area contributed by atoms with E-state index in [9.17, 15) is 14.7 Å². The third-order valence-corrected chi connectivity index (χ3v) is 4.93. The van der Waals surface area contributed by atoms with E-state index in [2.05, 4.69) is 0 Å². The zero-order valence-electron chi connectivity index (χ0n) is 12.1. The number of carbonyl (C=O) groups is 2. The molecule has 3 rings (SSSR count). The molecule has 3 heterocycles. The van der Waals surface area contributed by atoms with Gasteiger partial charge in [-0.05, 0) is 25.7 Å². The van der Waals surface area contributed by atoms with Crippen molar-refractivity contribution in [2.24, 2.45) is 0 Å². The molecule has 2 atom stereocenters. The van der Waals surface area contributed by atoms with Crippen molar-refractivity contribution in [2.45, 2.75) is 43.9 Å². The lowest BCUT2D eigenvalue weighted by Gasteiger charge is -2.42. The Morgan fingerprint density at radius 2 is 1.57 bits per heavy atom. The molecule has 0 aromatic carbocycles. The lowest BCUT2D eigenvalue weighted by Crippen LogP contribution is -2.57. The Hall–Kier alpha value is -1.34. The van der Waals surface area contributed by atoms with Crippen molar-refractivity contribution in [3.8, 4) is 0 Å². The number of nitrogens with zero attached hydrogens (tertiary/aromatic N) is 3. The normalized spacial score (nSPS) is 33.3. The summed E-state index contributed by atoms with van der Waals surface area (Å²) >= 11 is 0. The number of fused-ring (bicyclic) bond motifs is 2. The highest BCUT2D eigenvalue weighted by Crippen LogP contribution is 2.36. The fourth-order valence-corrected chi connectivity index (χ4v) is 3.91. The minimum atomic E-state index is -0.821. The van der Waals surface area contributed by atoms with Crippen LogP contribution in [0.2, 0.25) is 0 Å². The third-order valence-electron chi connectivity index (χ3n) is 4.93. The van der Waals surface area contributed by atoms with Gasteiger partial charge in [0.25, 0.3) is 0 Å². The van der Waals surface area contributed by atoms with E-state index in [1.54, 1.807) is 0 Å². The maximum Gasteiger partial charge on any atom is 0.320 e. The zero-order chi connectivity index (χ0) is 15.0. The summed E-state index contributed by atoms with van der Waals surface area (Å²) in [7, 11) is 0. The summed E-state index contributed by atoms with van der Waals surface area (Å²) in [5, 5.41) is 18.6. The van der Waals surface area contributed by atoms with E-state index in [1.807, 2.05) is 14.7 Å². The number of hydrogen-bond acceptors (Lipinski definition) is 4. The molecule has 0 spiro atoms. The largest absolute Gasteiger partial charge is 0.480 e. The van der Waals surface area contributed by atoms with Gasteiger partial charge in [0.1, 0.15) is 0 Å². The maximum atomic E-state index is 12.7. The first-order chi connectivity index (χ1) is 10.0. The number of aliphatic carboxylic acids is 1. The molecule has 3 aliphatic heterocycles. The number of urea groups is 1. The number of carbonyl (C=O) groups excluding carboxylic acids is 1. The van der Waals surface area contributed by atoms with Crippen LogP contribution in [0, 0.1) is 0 Å². The van der Waals surface area contributed by atoms with Gasteiger partial charge in [0.05, 0.1) is 12.6 Å². The highest BCUT2D eigenvalue weighted by molar-refractivity contribution is 5.76. The van der Waals surface area contributed by atoms with E-state index >= 15 is 0 Å². The van der Waals surface area contributed by atoms with Crippen LogP contribution in [0.5, 0.6) is 0 Å². The average molecular weight is 297 g/mol. The molecule has 3 saturated heterocycles. The van der Waals surface area contributed by atoms with Crippen LogP contribution in [0.25, 0.3) is 0 Å². The number of hydrogen-bond donors (Lipinski definition) is 2. The minimum absolute atomic E-state index is 0.0448. The summed E-state index contributed by atoms with van der Waals surface area (Å²) in [4.78, 5) is 29.1. The van der Waals surface area contributed by atoms with Gasteiger partial charge in [-0.1, -0.05) is 0 Å². The topological polar surface area (TPSA) is 84.3 Å². The second kappa shape index (κ2) is 5.81. The molecule has 2 bridgehead atoms. The van der Waals surface area contributed by atoms with E-state index < -0.39 is 5.97 Å². The van der Waals surface area contributed by atoms with E-state index in [-0.39, 0.29) is 30.8 Å². The Morgan fingerprint density at radius 3 is 2.10 bits per heavy atom. The van der Waals surface area contributed by atoms with E-state index in [1.165, 1.54) is 0 Å². The summed E-state index contributed by atoms with van der Waals surface area (Å²) in [6.45, 7) is 2.45. The van der Waals surface area contributed by atoms with Crippen LogP contribution < -0.4 is 0 Å². The van der Waals surface area contributed by atoms with Gasteiger partial charge in [0, 0.05) is 38.3 Å². The highest BCUT2D eigenvalue weighted by Gasteiger charge is 2.44. The maximum absolute atomic E-state index is 12.7. The van der Waals surface area contributed by atoms with Crippen LogP contribution in [-0.2, 0) is 4.79 Å². The first-order valence-electron chi connectivity index (χ1n) is 7.74. The summed E-state index contributed by atoms with van der Waals surface area (Å²) in [6.07, 6.45) is 3.11. The van der Waals surface area contributed by atoms with Gasteiger partial charge in [0.2, 0.25) is 0 Å². The lowest BCUT2D eigenvalue weighted by atomic mass is 10.0. The van der Waals surface area contributed by atoms with Crippen LogP contribution in [0.1, 0.15) is 25.7 Å². The molecule has 3 fully saturated rings. The second-order valence-corrected chi connectivity index (χ2v) is 6.36. The SMILES string of the molecule is O=C(O)CN1CCN(C(=O)N2C3CCC2CC(O)C3)CC1. The predicted octanol–water partition coefficient (Wildman–Crippen LogP) is -0.204. The summed E-state index contributed by atoms with van der Waals surface area (Å²) in [6, 6.07) is 0.441. The number of aliphatic hydroxyl groups is 1. The number of amides is 2. The number of piperidine rings is 1. The molecule has 3 aliphatic rings. The second-order valence-electron chi connectivity index (χ2n) is 6.36. The summed E-state index contributed by atoms with van der Waals surface area (Å²) in [5.41, 5.74) is 0. The zero-order valence-corrected chi connectivity index (χ0v) is 12.1. The molecule has 2 N–H and O–H groups in total. The van der Waals surface area contributed by atoms with Crippen molar-refractivity contribution in [1.29, 1.82) is 0 Å². The fourth-order valence-electron chi connectivity index (χ4n) is 3.91. The molecular weight excluding hydrogens is 274 g/mol. The molecule has 0 aromatic rings. The Balaban J connectivity index is 1.56. The van der Waals surface area contributed by atoms with Gasteiger partial charge in [-0.25, -0.2) is 4.79 Å². The van der Waals surface area contributed by atoms with Crippen molar-refractivity contribution in [3.05, 3.63) is 0 Å². The highest BCUT2D eigenvalue weighted by atomic mass is 16.4. The van der Waals surface area contributed by atoms with E-state index in [0.717, 1.165) is 12.8 Å². The summed E-state index contributed by atoms with van der Waals surface area (Å²) in [5.74, 6) is -0.821. The van der Waals surface area contributed by atoms with Crippen molar-refractivity contribution in [2.75, 3.05) is 32.7 Å². The monoisotopic (exact) mass is 297 g/mol. The van der Waals surface area contributed by atoms with Gasteiger partial charge in [0.15, 0.2) is 0 Å². The molecule has 0 radical (unpaired) electrons.